The van der Waals surface area contributed by atoms with Gasteiger partial charge < -0.3 is 15.6 Å². The third kappa shape index (κ3) is 3.32. The van der Waals surface area contributed by atoms with E-state index in [1.54, 1.807) is 0 Å². The van der Waals surface area contributed by atoms with Crippen molar-refractivity contribution in [1.29, 1.82) is 0 Å². The normalized spacial score (nSPS) is 16.6. The monoisotopic (exact) mass is 448 g/mol. The van der Waals surface area contributed by atoms with Crippen LogP contribution in [0.2, 0.25) is 0 Å². The van der Waals surface area contributed by atoms with E-state index in [0.717, 1.165) is 23.0 Å². The molecule has 0 spiro atoms. The first-order chi connectivity index (χ1) is 14.6. The number of benzene rings is 2. The Kier molecular flexibility index (Phi) is 4.77. The molecular weight excluding hydrogens is 434 g/mol. The molecule has 0 fully saturated rings. The topological polar surface area (TPSA) is 126 Å². The Hall–Kier alpha value is -3.73. The summed E-state index contributed by atoms with van der Waals surface area (Å²) in [6.07, 6.45) is 1.03. The number of aromatic hydroxyl groups is 1. The summed E-state index contributed by atoms with van der Waals surface area (Å²) in [5.74, 6) is -6.04. The summed E-state index contributed by atoms with van der Waals surface area (Å²) >= 11 is 0. The summed E-state index contributed by atoms with van der Waals surface area (Å²) < 4.78 is 55.1. The minimum absolute atomic E-state index is 0.0574. The summed E-state index contributed by atoms with van der Waals surface area (Å²) in [5, 5.41) is 19.4. The van der Waals surface area contributed by atoms with Crippen molar-refractivity contribution in [1.82, 2.24) is 4.68 Å². The molecule has 2 aromatic carbocycles. The molecule has 1 unspecified atom stereocenters. The van der Waals surface area contributed by atoms with Crippen molar-refractivity contribution in [2.45, 2.75) is 16.7 Å². The summed E-state index contributed by atoms with van der Waals surface area (Å²) in [6, 6.07) is 7.54. The molecule has 11 heteroatoms. The number of aromatic carboxylic acids is 1. The molecule has 3 N–H and O–H groups in total. The summed E-state index contributed by atoms with van der Waals surface area (Å²) in [7, 11) is -4.07. The maximum atomic E-state index is 14.6. The fourth-order valence-corrected chi connectivity index (χ4v) is 5.24. The number of rotatable bonds is 3. The molecule has 2 heterocycles. The number of sulfone groups is 1. The zero-order valence-corrected chi connectivity index (χ0v) is 16.4. The van der Waals surface area contributed by atoms with Gasteiger partial charge in [-0.05, 0) is 23.3 Å². The van der Waals surface area contributed by atoms with Crippen LogP contribution in [0.25, 0.3) is 0 Å². The lowest BCUT2D eigenvalue weighted by molar-refractivity contribution is 0.0681. The number of carbonyl (C=O) groups is 1. The third-order valence-corrected chi connectivity index (χ3v) is 6.70. The van der Waals surface area contributed by atoms with E-state index >= 15 is 0 Å². The van der Waals surface area contributed by atoms with Crippen LogP contribution in [-0.2, 0) is 15.6 Å². The van der Waals surface area contributed by atoms with E-state index in [2.05, 4.69) is 5.43 Å². The second-order valence-corrected chi connectivity index (χ2v) is 8.80. The quantitative estimate of drug-likeness (QED) is 0.561. The van der Waals surface area contributed by atoms with Gasteiger partial charge in [0, 0.05) is 17.8 Å². The smallest absolute Gasteiger partial charge is 0.358 e. The highest BCUT2D eigenvalue weighted by Gasteiger charge is 2.34. The van der Waals surface area contributed by atoms with Crippen molar-refractivity contribution in [2.24, 2.45) is 0 Å². The van der Waals surface area contributed by atoms with E-state index in [0.29, 0.717) is 0 Å². The van der Waals surface area contributed by atoms with Crippen molar-refractivity contribution in [3.8, 4) is 5.75 Å². The number of nitrogens with one attached hydrogen (secondary N) is 1. The van der Waals surface area contributed by atoms with E-state index in [-0.39, 0.29) is 16.0 Å². The SMILES string of the molecule is O=C(O)c1c(O)c(=O)ccn1NC1c2ccccc2S(=O)(=O)Cc2c1ccc(F)c2F. The Morgan fingerprint density at radius 2 is 1.81 bits per heavy atom. The number of nitrogens with zero attached hydrogens (tertiary/aromatic N) is 1. The zero-order valence-electron chi connectivity index (χ0n) is 15.5. The minimum Gasteiger partial charge on any atom is -0.502 e. The molecule has 0 radical (unpaired) electrons. The Bertz CT molecular complexity index is 1400. The highest BCUT2D eigenvalue weighted by molar-refractivity contribution is 7.90. The van der Waals surface area contributed by atoms with E-state index in [1.807, 2.05) is 0 Å². The van der Waals surface area contributed by atoms with E-state index in [1.165, 1.54) is 30.3 Å². The predicted octanol–water partition coefficient (Wildman–Crippen LogP) is 2.15. The number of carboxylic acids is 1. The van der Waals surface area contributed by atoms with Crippen LogP contribution in [0.4, 0.5) is 8.78 Å². The van der Waals surface area contributed by atoms with Gasteiger partial charge in [0.05, 0.1) is 16.7 Å². The maximum Gasteiger partial charge on any atom is 0.358 e. The van der Waals surface area contributed by atoms with Crippen LogP contribution in [-0.4, -0.2) is 29.3 Å². The molecule has 0 saturated carbocycles. The molecule has 3 aromatic rings. The first-order valence-corrected chi connectivity index (χ1v) is 10.5. The van der Waals surface area contributed by atoms with E-state index in [4.69, 9.17) is 0 Å². The van der Waals surface area contributed by atoms with Gasteiger partial charge in [0.15, 0.2) is 32.9 Å². The molecule has 0 amide bonds. The van der Waals surface area contributed by atoms with Crippen LogP contribution in [0, 0.1) is 11.6 Å². The van der Waals surface area contributed by atoms with Gasteiger partial charge in [-0.1, -0.05) is 24.3 Å². The molecule has 1 atom stereocenters. The number of aromatic nitrogens is 1. The first kappa shape index (κ1) is 20.5. The third-order valence-electron chi connectivity index (χ3n) is 4.99. The van der Waals surface area contributed by atoms with Gasteiger partial charge in [0.25, 0.3) is 0 Å². The average molecular weight is 448 g/mol. The van der Waals surface area contributed by atoms with Crippen molar-refractivity contribution in [3.05, 3.63) is 92.9 Å². The van der Waals surface area contributed by atoms with Gasteiger partial charge in [-0.2, -0.15) is 0 Å². The van der Waals surface area contributed by atoms with E-state index in [9.17, 15) is 37.0 Å². The molecule has 8 nitrogen and oxygen atoms in total. The first-order valence-electron chi connectivity index (χ1n) is 8.84. The Balaban J connectivity index is 2.01. The minimum atomic E-state index is -4.07. The zero-order chi connectivity index (χ0) is 22.5. The average Bonchev–Trinajstić information content (AvgIpc) is 2.81. The molecule has 160 valence electrons. The number of pyridine rings is 1. The van der Waals surface area contributed by atoms with Crippen molar-refractivity contribution in [3.63, 3.8) is 0 Å². The molecule has 0 aliphatic carbocycles. The Morgan fingerprint density at radius 1 is 1.10 bits per heavy atom. The molecular formula is C20H14F2N2O6S. The van der Waals surface area contributed by atoms with Crippen LogP contribution >= 0.6 is 0 Å². The standard InChI is InChI=1S/C20H14F2N2O6S/c21-13-6-5-10-12(16(13)22)9-31(29,30)15-4-2-1-3-11(15)17(10)23-24-8-7-14(25)19(26)18(24)20(27)28/h1-8,17,23,26H,9H2,(H,27,28). The number of fused-ring (bicyclic) bond motifs is 2. The lowest BCUT2D eigenvalue weighted by atomic mass is 9.95. The van der Waals surface area contributed by atoms with Crippen molar-refractivity contribution >= 4 is 15.8 Å². The van der Waals surface area contributed by atoms with Gasteiger partial charge in [0.1, 0.15) is 0 Å². The molecule has 31 heavy (non-hydrogen) atoms. The number of carboxylic acid groups (broad SMARTS) is 1. The second kappa shape index (κ2) is 7.20. The Labute approximate surface area is 173 Å². The van der Waals surface area contributed by atoms with Crippen LogP contribution < -0.4 is 10.9 Å². The molecule has 1 aliphatic heterocycles. The molecule has 0 saturated heterocycles. The van der Waals surface area contributed by atoms with Gasteiger partial charge in [-0.15, -0.1) is 0 Å². The van der Waals surface area contributed by atoms with Crippen LogP contribution in [0.15, 0.2) is 58.4 Å². The van der Waals surface area contributed by atoms with Gasteiger partial charge in [-0.3, -0.25) is 9.47 Å². The maximum absolute atomic E-state index is 14.6. The largest absolute Gasteiger partial charge is 0.502 e. The predicted molar refractivity (Wildman–Crippen MR) is 104 cm³/mol. The van der Waals surface area contributed by atoms with Crippen LogP contribution in [0.3, 0.4) is 0 Å². The number of hydrogen-bond acceptors (Lipinski definition) is 6. The summed E-state index contributed by atoms with van der Waals surface area (Å²) in [5.41, 5.74) is 0.783. The van der Waals surface area contributed by atoms with Crippen molar-refractivity contribution < 1.29 is 32.2 Å². The fraction of sp³-hybridized carbons (Fsp3) is 0.100. The molecule has 1 aliphatic rings. The van der Waals surface area contributed by atoms with Gasteiger partial charge in [-0.25, -0.2) is 22.0 Å². The molecule has 1 aromatic heterocycles. The van der Waals surface area contributed by atoms with Gasteiger partial charge >= 0.3 is 5.97 Å². The second-order valence-electron chi connectivity index (χ2n) is 6.84. The summed E-state index contributed by atoms with van der Waals surface area (Å²) in [6.45, 7) is 0. The van der Waals surface area contributed by atoms with Crippen molar-refractivity contribution in [2.75, 3.05) is 5.43 Å². The van der Waals surface area contributed by atoms with Gasteiger partial charge in [0.2, 0.25) is 5.43 Å². The van der Waals surface area contributed by atoms with E-state index < -0.39 is 61.7 Å². The summed E-state index contributed by atoms with van der Waals surface area (Å²) in [4.78, 5) is 23.2. The lowest BCUT2D eigenvalue weighted by Gasteiger charge is -2.25. The highest BCUT2D eigenvalue weighted by Crippen LogP contribution is 2.38. The number of halogens is 2. The number of hydrogen-bond donors (Lipinski definition) is 3. The molecule has 4 rings (SSSR count). The van der Waals surface area contributed by atoms with Crippen LogP contribution in [0.5, 0.6) is 5.75 Å². The fourth-order valence-electron chi connectivity index (χ4n) is 3.58. The Morgan fingerprint density at radius 3 is 2.52 bits per heavy atom. The van der Waals surface area contributed by atoms with Crippen LogP contribution in [0.1, 0.15) is 33.2 Å². The highest BCUT2D eigenvalue weighted by atomic mass is 32.2. The lowest BCUT2D eigenvalue weighted by Crippen LogP contribution is -2.29. The molecule has 0 bridgehead atoms.